The molecule has 0 atom stereocenters. The lowest BCUT2D eigenvalue weighted by Gasteiger charge is -2.13. The van der Waals surface area contributed by atoms with E-state index in [1.165, 1.54) is 23.8 Å². The maximum atomic E-state index is 11.1. The lowest BCUT2D eigenvalue weighted by Crippen LogP contribution is -2.07. The number of carboxylic acids is 1. The molecule has 94 valence electrons. The monoisotopic (exact) mass is 285 g/mol. The molecule has 2 aromatic rings. The van der Waals surface area contributed by atoms with Gasteiger partial charge in [0.15, 0.2) is 0 Å². The van der Waals surface area contributed by atoms with Crippen molar-refractivity contribution in [1.82, 2.24) is 4.57 Å². The van der Waals surface area contributed by atoms with Gasteiger partial charge < -0.3 is 14.4 Å². The second-order valence-electron chi connectivity index (χ2n) is 3.51. The van der Waals surface area contributed by atoms with E-state index >= 15 is 0 Å². The topological polar surface area (TPSA) is 51.5 Å². The number of methoxy groups -OCH3 is 1. The number of aromatic nitrogens is 1. The summed E-state index contributed by atoms with van der Waals surface area (Å²) in [7, 11) is 1.47. The predicted molar refractivity (Wildman–Crippen MR) is 69.3 cm³/mol. The van der Waals surface area contributed by atoms with Crippen molar-refractivity contribution in [3.63, 3.8) is 0 Å². The number of carbonyl (C=O) groups is 1. The minimum Gasteiger partial charge on any atom is -0.494 e. The van der Waals surface area contributed by atoms with E-state index in [2.05, 4.69) is 0 Å². The molecule has 1 N–H and O–H groups in total. The summed E-state index contributed by atoms with van der Waals surface area (Å²) in [6.45, 7) is 0. The summed E-state index contributed by atoms with van der Waals surface area (Å²) < 4.78 is 6.63. The van der Waals surface area contributed by atoms with Gasteiger partial charge in [-0.25, -0.2) is 4.79 Å². The average Bonchev–Trinajstić information content (AvgIpc) is 2.76. The first-order chi connectivity index (χ1) is 8.54. The third-order valence-electron chi connectivity index (χ3n) is 2.42. The van der Waals surface area contributed by atoms with Gasteiger partial charge in [-0.3, -0.25) is 0 Å². The fourth-order valence-electron chi connectivity index (χ4n) is 1.68. The van der Waals surface area contributed by atoms with Gasteiger partial charge in [0.05, 0.1) is 12.1 Å². The molecule has 0 saturated heterocycles. The Bertz CT molecular complexity index is 607. The highest BCUT2D eigenvalue weighted by molar-refractivity contribution is 6.36. The summed E-state index contributed by atoms with van der Waals surface area (Å²) in [5.41, 5.74) is 0.545. The van der Waals surface area contributed by atoms with E-state index in [1.807, 2.05) is 0 Å². The van der Waals surface area contributed by atoms with Crippen LogP contribution in [0.2, 0.25) is 10.0 Å². The minimum atomic E-state index is -1.05. The Morgan fingerprint density at radius 2 is 2.11 bits per heavy atom. The molecule has 0 saturated carbocycles. The Morgan fingerprint density at radius 1 is 1.39 bits per heavy atom. The van der Waals surface area contributed by atoms with Crippen LogP contribution in [0.15, 0.2) is 30.5 Å². The van der Waals surface area contributed by atoms with Gasteiger partial charge in [0.1, 0.15) is 17.1 Å². The fraction of sp³-hybridized carbons (Fsp3) is 0.0833. The third-order valence-corrected chi connectivity index (χ3v) is 2.93. The molecular weight excluding hydrogens is 277 g/mol. The maximum absolute atomic E-state index is 11.1. The molecule has 0 unspecified atom stereocenters. The van der Waals surface area contributed by atoms with Crippen molar-refractivity contribution in [1.29, 1.82) is 0 Å². The van der Waals surface area contributed by atoms with Crippen LogP contribution in [-0.2, 0) is 0 Å². The largest absolute Gasteiger partial charge is 0.494 e. The van der Waals surface area contributed by atoms with Gasteiger partial charge in [-0.05, 0) is 18.2 Å². The first-order valence-electron chi connectivity index (χ1n) is 4.98. The van der Waals surface area contributed by atoms with Gasteiger partial charge in [-0.15, -0.1) is 0 Å². The van der Waals surface area contributed by atoms with Crippen LogP contribution >= 0.6 is 23.2 Å². The number of carboxylic acid groups (broad SMARTS) is 1. The first-order valence-corrected chi connectivity index (χ1v) is 5.74. The van der Waals surface area contributed by atoms with Gasteiger partial charge in [0.2, 0.25) is 0 Å². The molecule has 0 bridgehead atoms. The number of hydrogen-bond donors (Lipinski definition) is 1. The molecular formula is C12H9Cl2NO3. The van der Waals surface area contributed by atoms with Gasteiger partial charge in [-0.2, -0.15) is 0 Å². The quantitative estimate of drug-likeness (QED) is 0.939. The molecule has 4 nitrogen and oxygen atoms in total. The van der Waals surface area contributed by atoms with Crippen LogP contribution in [0.5, 0.6) is 5.75 Å². The van der Waals surface area contributed by atoms with Crippen molar-refractivity contribution in [2.45, 2.75) is 0 Å². The second kappa shape index (κ2) is 4.92. The van der Waals surface area contributed by atoms with E-state index in [1.54, 1.807) is 18.3 Å². The van der Waals surface area contributed by atoms with Crippen LogP contribution in [0, 0.1) is 0 Å². The number of nitrogens with zero attached hydrogens (tertiary/aromatic N) is 1. The van der Waals surface area contributed by atoms with E-state index < -0.39 is 5.97 Å². The minimum absolute atomic E-state index is 0.0949. The molecule has 0 aliphatic carbocycles. The average molecular weight is 286 g/mol. The molecule has 6 heteroatoms. The van der Waals surface area contributed by atoms with Gasteiger partial charge >= 0.3 is 5.97 Å². The van der Waals surface area contributed by atoms with Crippen LogP contribution < -0.4 is 4.74 Å². The number of halogens is 2. The van der Waals surface area contributed by atoms with Gasteiger partial charge in [0.25, 0.3) is 0 Å². The van der Waals surface area contributed by atoms with Crippen molar-refractivity contribution >= 4 is 29.2 Å². The third kappa shape index (κ3) is 2.17. The maximum Gasteiger partial charge on any atom is 0.352 e. The molecule has 0 aliphatic heterocycles. The molecule has 18 heavy (non-hydrogen) atoms. The Kier molecular flexibility index (Phi) is 3.50. The normalized spacial score (nSPS) is 10.4. The van der Waals surface area contributed by atoms with E-state index in [0.29, 0.717) is 21.5 Å². The second-order valence-corrected chi connectivity index (χ2v) is 4.35. The number of ether oxygens (including phenoxy) is 1. The highest BCUT2D eigenvalue weighted by Crippen LogP contribution is 2.34. The summed E-state index contributed by atoms with van der Waals surface area (Å²) in [5.74, 6) is -0.640. The Labute approximate surface area is 113 Å². The Hall–Kier alpha value is -1.65. The SMILES string of the molecule is COc1cc(Cl)cc(Cl)c1-n1cccc1C(=O)O. The highest BCUT2D eigenvalue weighted by atomic mass is 35.5. The number of benzene rings is 1. The number of aromatic carboxylic acids is 1. The van der Waals surface area contributed by atoms with Crippen LogP contribution in [0.25, 0.3) is 5.69 Å². The zero-order chi connectivity index (χ0) is 13.3. The summed E-state index contributed by atoms with van der Waals surface area (Å²) in [6.07, 6.45) is 1.60. The van der Waals surface area contributed by atoms with Crippen molar-refractivity contribution in [2.24, 2.45) is 0 Å². The zero-order valence-electron chi connectivity index (χ0n) is 9.35. The van der Waals surface area contributed by atoms with Crippen LogP contribution in [0.4, 0.5) is 0 Å². The standard InChI is InChI=1S/C12H9Cl2NO3/c1-18-10-6-7(13)5-8(14)11(10)15-4-2-3-9(15)12(16)17/h2-6H,1H3,(H,16,17). The van der Waals surface area contributed by atoms with Crippen molar-refractivity contribution in [3.05, 3.63) is 46.2 Å². The summed E-state index contributed by atoms with van der Waals surface area (Å²) in [4.78, 5) is 11.1. The van der Waals surface area contributed by atoms with Gasteiger partial charge in [-0.1, -0.05) is 23.2 Å². The van der Waals surface area contributed by atoms with Crippen LogP contribution in [0.1, 0.15) is 10.5 Å². The molecule has 2 rings (SSSR count). The lowest BCUT2D eigenvalue weighted by molar-refractivity contribution is 0.0688. The summed E-state index contributed by atoms with van der Waals surface area (Å²) in [6, 6.07) is 6.21. The predicted octanol–water partition coefficient (Wildman–Crippen LogP) is 3.49. The van der Waals surface area contributed by atoms with Crippen molar-refractivity contribution in [2.75, 3.05) is 7.11 Å². The first kappa shape index (κ1) is 12.8. The van der Waals surface area contributed by atoms with Crippen molar-refractivity contribution in [3.8, 4) is 11.4 Å². The van der Waals surface area contributed by atoms with Crippen LogP contribution in [0.3, 0.4) is 0 Å². The van der Waals surface area contributed by atoms with E-state index in [9.17, 15) is 4.79 Å². The Morgan fingerprint density at radius 3 is 2.72 bits per heavy atom. The zero-order valence-corrected chi connectivity index (χ0v) is 10.9. The van der Waals surface area contributed by atoms with E-state index in [-0.39, 0.29) is 5.69 Å². The summed E-state index contributed by atoms with van der Waals surface area (Å²) >= 11 is 12.0. The Balaban J connectivity index is 2.70. The van der Waals surface area contributed by atoms with Crippen LogP contribution in [-0.4, -0.2) is 22.8 Å². The number of hydrogen-bond acceptors (Lipinski definition) is 2. The fourth-order valence-corrected chi connectivity index (χ4v) is 2.25. The molecule has 0 amide bonds. The molecule has 1 heterocycles. The molecule has 0 fully saturated rings. The van der Waals surface area contributed by atoms with Crippen molar-refractivity contribution < 1.29 is 14.6 Å². The van der Waals surface area contributed by atoms with E-state index in [4.69, 9.17) is 33.0 Å². The number of rotatable bonds is 3. The molecule has 0 radical (unpaired) electrons. The molecule has 0 spiro atoms. The molecule has 0 aliphatic rings. The molecule has 1 aromatic carbocycles. The van der Waals surface area contributed by atoms with E-state index in [0.717, 1.165) is 0 Å². The molecule has 1 aromatic heterocycles. The summed E-state index contributed by atoms with van der Waals surface area (Å²) in [5, 5.41) is 9.83. The van der Waals surface area contributed by atoms with Gasteiger partial charge in [0, 0.05) is 17.3 Å². The highest BCUT2D eigenvalue weighted by Gasteiger charge is 2.17. The lowest BCUT2D eigenvalue weighted by atomic mass is 10.2. The smallest absolute Gasteiger partial charge is 0.352 e.